The van der Waals surface area contributed by atoms with Gasteiger partial charge in [-0.3, -0.25) is 0 Å². The maximum Gasteiger partial charge on any atom is 0.119 e. The molecule has 0 amide bonds. The van der Waals surface area contributed by atoms with E-state index < -0.39 is 0 Å². The first kappa shape index (κ1) is 12.9. The van der Waals surface area contributed by atoms with Gasteiger partial charge in [0, 0.05) is 12.5 Å². The lowest BCUT2D eigenvalue weighted by Crippen LogP contribution is -2.32. The van der Waals surface area contributed by atoms with Crippen molar-refractivity contribution in [1.29, 1.82) is 0 Å². The van der Waals surface area contributed by atoms with Crippen molar-refractivity contribution < 1.29 is 9.84 Å². The summed E-state index contributed by atoms with van der Waals surface area (Å²) >= 11 is 0. The molecule has 0 saturated heterocycles. The Balaban J connectivity index is 1.74. The first-order valence-electron chi connectivity index (χ1n) is 7.25. The van der Waals surface area contributed by atoms with E-state index in [4.69, 9.17) is 10.5 Å². The van der Waals surface area contributed by atoms with Crippen LogP contribution < -0.4 is 10.5 Å². The molecule has 3 rings (SSSR count). The molecule has 104 valence electrons. The number of nitrogens with two attached hydrogens (primary N) is 1. The minimum Gasteiger partial charge on any atom is -0.497 e. The molecule has 1 aromatic carbocycles. The van der Waals surface area contributed by atoms with E-state index in [1.165, 1.54) is 19.3 Å². The normalized spacial score (nSPS) is 31.6. The van der Waals surface area contributed by atoms with E-state index in [9.17, 15) is 5.11 Å². The van der Waals surface area contributed by atoms with Crippen LogP contribution in [0.2, 0.25) is 0 Å². The molecule has 3 N–H and O–H groups in total. The Morgan fingerprint density at radius 2 is 2.05 bits per heavy atom. The fourth-order valence-corrected chi connectivity index (χ4v) is 3.71. The van der Waals surface area contributed by atoms with Gasteiger partial charge in [0.25, 0.3) is 0 Å². The fraction of sp³-hybridized carbons (Fsp3) is 0.625. The fourth-order valence-electron chi connectivity index (χ4n) is 3.71. The monoisotopic (exact) mass is 261 g/mol. The number of hydrogen-bond acceptors (Lipinski definition) is 3. The summed E-state index contributed by atoms with van der Waals surface area (Å²) in [6.45, 7) is 0.486. The summed E-state index contributed by atoms with van der Waals surface area (Å²) in [5.74, 6) is 3.07. The van der Waals surface area contributed by atoms with Crippen LogP contribution >= 0.6 is 0 Å². The van der Waals surface area contributed by atoms with Crippen LogP contribution in [0.4, 0.5) is 0 Å². The summed E-state index contributed by atoms with van der Waals surface area (Å²) in [6, 6.07) is 7.93. The van der Waals surface area contributed by atoms with Gasteiger partial charge in [0.2, 0.25) is 0 Å². The molecule has 0 bridgehead atoms. The lowest BCUT2D eigenvalue weighted by Gasteiger charge is -2.28. The Morgan fingerprint density at radius 1 is 1.32 bits per heavy atom. The standard InChI is InChI=1S/C16H23NO2/c1-19-14-4-2-3-10(8-14)15(9-17)16(18)13-6-11-5-12(11)7-13/h2-4,8,11-13,15-16,18H,5-7,9,17H2,1H3. The van der Waals surface area contributed by atoms with Gasteiger partial charge in [0.1, 0.15) is 5.75 Å². The maximum absolute atomic E-state index is 10.6. The molecule has 1 aromatic rings. The van der Waals surface area contributed by atoms with E-state index in [2.05, 4.69) is 0 Å². The SMILES string of the molecule is COc1cccc(C(CN)C(O)C2CC3CC3C2)c1. The molecule has 0 heterocycles. The maximum atomic E-state index is 10.6. The highest BCUT2D eigenvalue weighted by molar-refractivity contribution is 5.32. The molecule has 0 aromatic heterocycles. The van der Waals surface area contributed by atoms with Crippen molar-refractivity contribution in [3.63, 3.8) is 0 Å². The molecule has 3 nitrogen and oxygen atoms in total. The first-order chi connectivity index (χ1) is 9.22. The zero-order valence-corrected chi connectivity index (χ0v) is 11.5. The van der Waals surface area contributed by atoms with Gasteiger partial charge in [0.15, 0.2) is 0 Å². The van der Waals surface area contributed by atoms with Gasteiger partial charge in [-0.1, -0.05) is 12.1 Å². The summed E-state index contributed by atoms with van der Waals surface area (Å²) in [5, 5.41) is 10.6. The molecule has 0 spiro atoms. The summed E-state index contributed by atoms with van der Waals surface area (Å²) in [7, 11) is 1.66. The van der Waals surface area contributed by atoms with Crippen LogP contribution in [0.5, 0.6) is 5.75 Å². The zero-order chi connectivity index (χ0) is 13.4. The molecule has 4 atom stereocenters. The number of hydrogen-bond donors (Lipinski definition) is 2. The van der Waals surface area contributed by atoms with Crippen LogP contribution in [-0.4, -0.2) is 24.9 Å². The average Bonchev–Trinajstić information content (AvgIpc) is 3.06. The van der Waals surface area contributed by atoms with E-state index in [0.29, 0.717) is 12.5 Å². The second kappa shape index (κ2) is 5.14. The van der Waals surface area contributed by atoms with Crippen molar-refractivity contribution in [2.75, 3.05) is 13.7 Å². The summed E-state index contributed by atoms with van der Waals surface area (Å²) in [6.07, 6.45) is 3.44. The minimum absolute atomic E-state index is 0.0256. The second-order valence-electron chi connectivity index (χ2n) is 6.10. The number of aliphatic hydroxyl groups is 1. The van der Waals surface area contributed by atoms with Gasteiger partial charge in [-0.25, -0.2) is 0 Å². The number of ether oxygens (including phenoxy) is 1. The van der Waals surface area contributed by atoms with Crippen molar-refractivity contribution >= 4 is 0 Å². The van der Waals surface area contributed by atoms with Gasteiger partial charge in [-0.2, -0.15) is 0 Å². The molecule has 2 saturated carbocycles. The van der Waals surface area contributed by atoms with E-state index >= 15 is 0 Å². The molecule has 2 aliphatic rings. The Bertz CT molecular complexity index is 438. The lowest BCUT2D eigenvalue weighted by molar-refractivity contribution is 0.0789. The molecule has 0 aliphatic heterocycles. The van der Waals surface area contributed by atoms with Gasteiger partial charge in [0.05, 0.1) is 13.2 Å². The van der Waals surface area contributed by atoms with Crippen LogP contribution in [0.1, 0.15) is 30.7 Å². The quantitative estimate of drug-likeness (QED) is 0.854. The van der Waals surface area contributed by atoms with Crippen molar-refractivity contribution in [1.82, 2.24) is 0 Å². The number of aliphatic hydroxyl groups excluding tert-OH is 1. The van der Waals surface area contributed by atoms with Crippen LogP contribution in [0, 0.1) is 17.8 Å². The van der Waals surface area contributed by atoms with E-state index in [1.54, 1.807) is 7.11 Å². The molecule has 19 heavy (non-hydrogen) atoms. The van der Waals surface area contributed by atoms with Crippen molar-refractivity contribution in [3.05, 3.63) is 29.8 Å². The minimum atomic E-state index is -0.315. The molecular formula is C16H23NO2. The van der Waals surface area contributed by atoms with Gasteiger partial charge >= 0.3 is 0 Å². The highest BCUT2D eigenvalue weighted by atomic mass is 16.5. The molecular weight excluding hydrogens is 238 g/mol. The molecule has 3 heteroatoms. The average molecular weight is 261 g/mol. The highest BCUT2D eigenvalue weighted by Crippen LogP contribution is 2.56. The highest BCUT2D eigenvalue weighted by Gasteiger charge is 2.48. The summed E-state index contributed by atoms with van der Waals surface area (Å²) < 4.78 is 5.26. The first-order valence-corrected chi connectivity index (χ1v) is 7.25. The third kappa shape index (κ3) is 2.49. The largest absolute Gasteiger partial charge is 0.497 e. The van der Waals surface area contributed by atoms with Crippen LogP contribution in [0.15, 0.2) is 24.3 Å². The van der Waals surface area contributed by atoms with Gasteiger partial charge in [-0.15, -0.1) is 0 Å². The van der Waals surface area contributed by atoms with Crippen LogP contribution in [0.3, 0.4) is 0 Å². The van der Waals surface area contributed by atoms with E-state index in [-0.39, 0.29) is 12.0 Å². The number of fused-ring (bicyclic) bond motifs is 1. The Morgan fingerprint density at radius 3 is 2.68 bits per heavy atom. The van der Waals surface area contributed by atoms with Crippen molar-refractivity contribution in [2.24, 2.45) is 23.5 Å². The number of methoxy groups -OCH3 is 1. The Kier molecular flexibility index (Phi) is 3.50. The Hall–Kier alpha value is -1.06. The van der Waals surface area contributed by atoms with Gasteiger partial charge in [-0.05, 0) is 54.7 Å². The smallest absolute Gasteiger partial charge is 0.119 e. The predicted molar refractivity (Wildman–Crippen MR) is 75.1 cm³/mol. The molecule has 0 radical (unpaired) electrons. The summed E-state index contributed by atoms with van der Waals surface area (Å²) in [4.78, 5) is 0. The number of benzene rings is 1. The second-order valence-corrected chi connectivity index (χ2v) is 6.10. The van der Waals surface area contributed by atoms with Crippen LogP contribution in [0.25, 0.3) is 0 Å². The van der Waals surface area contributed by atoms with E-state index in [0.717, 1.165) is 23.1 Å². The number of rotatable bonds is 5. The zero-order valence-electron chi connectivity index (χ0n) is 11.5. The molecule has 2 fully saturated rings. The Labute approximate surface area is 114 Å². The van der Waals surface area contributed by atoms with Crippen molar-refractivity contribution in [2.45, 2.75) is 31.3 Å². The summed E-state index contributed by atoms with van der Waals surface area (Å²) in [5.41, 5.74) is 7.00. The van der Waals surface area contributed by atoms with Gasteiger partial charge < -0.3 is 15.6 Å². The van der Waals surface area contributed by atoms with E-state index in [1.807, 2.05) is 24.3 Å². The third-order valence-corrected chi connectivity index (χ3v) is 4.95. The predicted octanol–water partition coefficient (Wildman–Crippen LogP) is 2.14. The topological polar surface area (TPSA) is 55.5 Å². The van der Waals surface area contributed by atoms with Crippen LogP contribution in [-0.2, 0) is 0 Å². The van der Waals surface area contributed by atoms with Crippen molar-refractivity contribution in [3.8, 4) is 5.75 Å². The molecule has 4 unspecified atom stereocenters. The molecule has 2 aliphatic carbocycles. The lowest BCUT2D eigenvalue weighted by atomic mass is 9.83. The third-order valence-electron chi connectivity index (χ3n) is 4.95.